The maximum Gasteiger partial charge on any atom is 0.158 e. The van der Waals surface area contributed by atoms with Crippen LogP contribution in [-0.4, -0.2) is 23.6 Å². The van der Waals surface area contributed by atoms with Crippen LogP contribution in [-0.2, 0) is 11.3 Å². The predicted octanol–water partition coefficient (Wildman–Crippen LogP) is 3.29. The van der Waals surface area contributed by atoms with Crippen LogP contribution >= 0.6 is 11.3 Å². The summed E-state index contributed by atoms with van der Waals surface area (Å²) in [7, 11) is 1.85. The van der Waals surface area contributed by atoms with E-state index in [-0.39, 0.29) is 6.04 Å². The third kappa shape index (κ3) is 3.91. The third-order valence-electron chi connectivity index (χ3n) is 2.87. The maximum absolute atomic E-state index is 5.37. The summed E-state index contributed by atoms with van der Waals surface area (Å²) in [5, 5.41) is 10.7. The summed E-state index contributed by atoms with van der Waals surface area (Å²) in [4.78, 5) is 8.86. The van der Waals surface area contributed by atoms with Gasteiger partial charge >= 0.3 is 0 Å². The highest BCUT2D eigenvalue weighted by Crippen LogP contribution is 2.21. The molecule has 0 spiro atoms. The SMILES string of the molecule is CCOCc1nc(NC)cc(NC(C)c2ccsc2)n1. The molecule has 5 nitrogen and oxygen atoms in total. The fourth-order valence-corrected chi connectivity index (χ4v) is 2.54. The van der Waals surface area contributed by atoms with E-state index in [0.717, 1.165) is 11.6 Å². The van der Waals surface area contributed by atoms with Crippen molar-refractivity contribution in [2.24, 2.45) is 0 Å². The number of ether oxygens (including phenoxy) is 1. The molecule has 0 amide bonds. The Morgan fingerprint density at radius 2 is 2.15 bits per heavy atom. The van der Waals surface area contributed by atoms with Crippen molar-refractivity contribution in [1.82, 2.24) is 9.97 Å². The Morgan fingerprint density at radius 1 is 1.35 bits per heavy atom. The molecule has 0 aliphatic carbocycles. The van der Waals surface area contributed by atoms with Gasteiger partial charge in [-0.3, -0.25) is 0 Å². The Labute approximate surface area is 123 Å². The summed E-state index contributed by atoms with van der Waals surface area (Å²) in [6, 6.07) is 4.22. The quantitative estimate of drug-likeness (QED) is 0.820. The summed E-state index contributed by atoms with van der Waals surface area (Å²) in [5.74, 6) is 2.27. The summed E-state index contributed by atoms with van der Waals surface area (Å²) in [6.45, 7) is 5.15. The van der Waals surface area contributed by atoms with E-state index in [0.29, 0.717) is 19.0 Å². The number of thiophene rings is 1. The smallest absolute Gasteiger partial charge is 0.158 e. The van der Waals surface area contributed by atoms with Crippen LogP contribution in [0, 0.1) is 0 Å². The van der Waals surface area contributed by atoms with Gasteiger partial charge in [-0.15, -0.1) is 0 Å². The van der Waals surface area contributed by atoms with Gasteiger partial charge in [0.15, 0.2) is 5.82 Å². The highest BCUT2D eigenvalue weighted by Gasteiger charge is 2.09. The number of aromatic nitrogens is 2. The average Bonchev–Trinajstić information content (AvgIpc) is 2.99. The van der Waals surface area contributed by atoms with Crippen LogP contribution in [0.25, 0.3) is 0 Å². The van der Waals surface area contributed by atoms with Crippen molar-refractivity contribution in [3.8, 4) is 0 Å². The lowest BCUT2D eigenvalue weighted by Gasteiger charge is -2.15. The van der Waals surface area contributed by atoms with E-state index in [4.69, 9.17) is 4.74 Å². The van der Waals surface area contributed by atoms with Gasteiger partial charge in [0.1, 0.15) is 18.2 Å². The molecule has 108 valence electrons. The number of nitrogens with zero attached hydrogens (tertiary/aromatic N) is 2. The van der Waals surface area contributed by atoms with Gasteiger partial charge in [0.2, 0.25) is 0 Å². The molecule has 2 aromatic heterocycles. The molecule has 0 radical (unpaired) electrons. The molecular weight excluding hydrogens is 272 g/mol. The number of hydrogen-bond donors (Lipinski definition) is 2. The van der Waals surface area contributed by atoms with E-state index in [1.165, 1.54) is 5.56 Å². The lowest BCUT2D eigenvalue weighted by molar-refractivity contribution is 0.128. The fraction of sp³-hybridized carbons (Fsp3) is 0.429. The fourth-order valence-electron chi connectivity index (χ4n) is 1.78. The van der Waals surface area contributed by atoms with E-state index in [9.17, 15) is 0 Å². The molecule has 1 unspecified atom stereocenters. The zero-order chi connectivity index (χ0) is 14.4. The second-order valence-electron chi connectivity index (χ2n) is 4.36. The van der Waals surface area contributed by atoms with Gasteiger partial charge in [0.25, 0.3) is 0 Å². The van der Waals surface area contributed by atoms with Gasteiger partial charge in [0.05, 0.1) is 6.04 Å². The van der Waals surface area contributed by atoms with Crippen LogP contribution < -0.4 is 10.6 Å². The Morgan fingerprint density at radius 3 is 2.80 bits per heavy atom. The normalized spacial score (nSPS) is 12.2. The molecule has 2 rings (SSSR count). The summed E-state index contributed by atoms with van der Waals surface area (Å²) < 4.78 is 5.37. The van der Waals surface area contributed by atoms with Crippen LogP contribution in [0.4, 0.5) is 11.6 Å². The van der Waals surface area contributed by atoms with Crippen molar-refractivity contribution in [2.45, 2.75) is 26.5 Å². The van der Waals surface area contributed by atoms with Crippen LogP contribution in [0.2, 0.25) is 0 Å². The van der Waals surface area contributed by atoms with Crippen molar-refractivity contribution in [3.05, 3.63) is 34.3 Å². The minimum absolute atomic E-state index is 0.209. The Balaban J connectivity index is 2.13. The van der Waals surface area contributed by atoms with Crippen molar-refractivity contribution in [3.63, 3.8) is 0 Å². The van der Waals surface area contributed by atoms with Gasteiger partial charge in [0, 0.05) is 19.7 Å². The standard InChI is InChI=1S/C14H20N4OS/c1-4-19-8-14-17-12(15-3)7-13(18-14)16-10(2)11-5-6-20-9-11/h5-7,9-10H,4,8H2,1-3H3,(H2,15,16,17,18). The van der Waals surface area contributed by atoms with Crippen LogP contribution in [0.5, 0.6) is 0 Å². The molecule has 0 aliphatic rings. The number of rotatable bonds is 7. The zero-order valence-corrected chi connectivity index (χ0v) is 12.8. The van der Waals surface area contributed by atoms with E-state index >= 15 is 0 Å². The molecule has 2 aromatic rings. The van der Waals surface area contributed by atoms with E-state index in [1.807, 2.05) is 20.0 Å². The predicted molar refractivity (Wildman–Crippen MR) is 83.3 cm³/mol. The molecule has 2 heterocycles. The number of hydrogen-bond acceptors (Lipinski definition) is 6. The first-order valence-corrected chi connectivity index (χ1v) is 7.59. The highest BCUT2D eigenvalue weighted by molar-refractivity contribution is 7.07. The van der Waals surface area contributed by atoms with Crippen LogP contribution in [0.1, 0.15) is 31.3 Å². The molecule has 0 aliphatic heterocycles. The van der Waals surface area contributed by atoms with E-state index in [2.05, 4.69) is 44.4 Å². The molecule has 6 heteroatoms. The van der Waals surface area contributed by atoms with Gasteiger partial charge in [-0.05, 0) is 36.2 Å². The minimum Gasteiger partial charge on any atom is -0.374 e. The summed E-state index contributed by atoms with van der Waals surface area (Å²) >= 11 is 1.70. The first-order valence-electron chi connectivity index (χ1n) is 6.65. The Bertz CT molecular complexity index is 530. The molecule has 2 N–H and O–H groups in total. The molecule has 0 fully saturated rings. The molecule has 0 bridgehead atoms. The monoisotopic (exact) mass is 292 g/mol. The minimum atomic E-state index is 0.209. The zero-order valence-electron chi connectivity index (χ0n) is 12.0. The Kier molecular flexibility index (Phi) is 5.31. The lowest BCUT2D eigenvalue weighted by Crippen LogP contribution is -2.10. The first kappa shape index (κ1) is 14.7. The largest absolute Gasteiger partial charge is 0.374 e. The number of anilines is 2. The van der Waals surface area contributed by atoms with Crippen LogP contribution in [0.15, 0.2) is 22.9 Å². The second-order valence-corrected chi connectivity index (χ2v) is 5.14. The van der Waals surface area contributed by atoms with Gasteiger partial charge < -0.3 is 15.4 Å². The summed E-state index contributed by atoms with van der Waals surface area (Å²) in [6.07, 6.45) is 0. The van der Waals surface area contributed by atoms with Crippen molar-refractivity contribution < 1.29 is 4.74 Å². The van der Waals surface area contributed by atoms with Crippen molar-refractivity contribution >= 4 is 23.0 Å². The Hall–Kier alpha value is -1.66. The second kappa shape index (κ2) is 7.21. The maximum atomic E-state index is 5.37. The molecule has 0 saturated carbocycles. The molecule has 1 atom stereocenters. The molecule has 0 aromatic carbocycles. The summed E-state index contributed by atoms with van der Waals surface area (Å²) in [5.41, 5.74) is 1.26. The topological polar surface area (TPSA) is 59.1 Å². The lowest BCUT2D eigenvalue weighted by atomic mass is 10.2. The van der Waals surface area contributed by atoms with E-state index in [1.54, 1.807) is 11.3 Å². The molecule has 0 saturated heterocycles. The highest BCUT2D eigenvalue weighted by atomic mass is 32.1. The van der Waals surface area contributed by atoms with Crippen molar-refractivity contribution in [1.29, 1.82) is 0 Å². The third-order valence-corrected chi connectivity index (χ3v) is 3.57. The number of nitrogens with one attached hydrogen (secondary N) is 2. The van der Waals surface area contributed by atoms with Gasteiger partial charge in [-0.25, -0.2) is 9.97 Å². The first-order chi connectivity index (χ1) is 9.72. The molecule has 20 heavy (non-hydrogen) atoms. The average molecular weight is 292 g/mol. The molecular formula is C14H20N4OS. The van der Waals surface area contributed by atoms with Crippen molar-refractivity contribution in [2.75, 3.05) is 24.3 Å². The van der Waals surface area contributed by atoms with E-state index < -0.39 is 0 Å². The van der Waals surface area contributed by atoms with Gasteiger partial charge in [-0.1, -0.05) is 0 Å². The van der Waals surface area contributed by atoms with Gasteiger partial charge in [-0.2, -0.15) is 11.3 Å². The van der Waals surface area contributed by atoms with Crippen LogP contribution in [0.3, 0.4) is 0 Å².